The molecule has 0 aromatic carbocycles. The van der Waals surface area contributed by atoms with E-state index in [0.717, 1.165) is 0 Å². The average Bonchev–Trinajstić information content (AvgIpc) is 1.38. The SMILES string of the molecule is NN=S(=O)=O.O. The molecule has 0 aliphatic rings. The maximum Gasteiger partial charge on any atom is 0.327 e. The highest BCUT2D eigenvalue weighted by atomic mass is 32.2. The molecule has 0 amide bonds. The van der Waals surface area contributed by atoms with Gasteiger partial charge in [-0.25, -0.2) is 5.84 Å². The van der Waals surface area contributed by atoms with Crippen LogP contribution in [0.1, 0.15) is 0 Å². The minimum Gasteiger partial charge on any atom is -0.412 e. The molecule has 0 saturated carbocycles. The van der Waals surface area contributed by atoms with Gasteiger partial charge in [0.15, 0.2) is 0 Å². The number of rotatable bonds is 0. The van der Waals surface area contributed by atoms with Crippen LogP contribution >= 0.6 is 0 Å². The van der Waals surface area contributed by atoms with Gasteiger partial charge in [-0.3, -0.25) is 0 Å². The third-order valence-electron chi connectivity index (χ3n) is 0.0861. The lowest BCUT2D eigenvalue weighted by molar-refractivity contribution is 0.620. The lowest BCUT2D eigenvalue weighted by Gasteiger charge is -1.43. The summed E-state index contributed by atoms with van der Waals surface area (Å²) in [6.07, 6.45) is 0. The van der Waals surface area contributed by atoms with Crippen LogP contribution in [0.3, 0.4) is 0 Å². The molecule has 0 rings (SSSR count). The Hall–Kier alpha value is -0.460. The third kappa shape index (κ3) is 9.63. The standard InChI is InChI=1S/H2N2O2S.H2O/c1-2-5(3)4;/h1H2;1H2. The van der Waals surface area contributed by atoms with E-state index < -0.39 is 10.5 Å². The highest BCUT2D eigenvalue weighted by Gasteiger charge is 1.47. The molecule has 0 fully saturated rings. The Morgan fingerprint density at radius 1 is 1.50 bits per heavy atom. The summed E-state index contributed by atoms with van der Waals surface area (Å²) >= 11 is 0. The highest BCUT2D eigenvalue weighted by molar-refractivity contribution is 7.61. The molecule has 6 heavy (non-hydrogen) atoms. The summed E-state index contributed by atoms with van der Waals surface area (Å²) in [5.41, 5.74) is 0. The first-order chi connectivity index (χ1) is 2.27. The van der Waals surface area contributed by atoms with Gasteiger partial charge in [0.05, 0.1) is 0 Å². The van der Waals surface area contributed by atoms with Crippen molar-refractivity contribution in [3.05, 3.63) is 0 Å². The second-order valence-corrected chi connectivity index (χ2v) is 0.968. The summed E-state index contributed by atoms with van der Waals surface area (Å²) in [6.45, 7) is 0. The molecule has 0 aromatic heterocycles. The molecular weight excluding hydrogens is 108 g/mol. The molecule has 4 N–H and O–H groups in total. The van der Waals surface area contributed by atoms with Crippen molar-refractivity contribution in [2.75, 3.05) is 0 Å². The zero-order chi connectivity index (χ0) is 4.28. The molecule has 0 bridgehead atoms. The first kappa shape index (κ1) is 9.11. The molecule has 6 heteroatoms. The van der Waals surface area contributed by atoms with E-state index in [0.29, 0.717) is 0 Å². The van der Waals surface area contributed by atoms with E-state index >= 15 is 0 Å². The van der Waals surface area contributed by atoms with Crippen LogP contribution in [0.5, 0.6) is 0 Å². The molecule has 38 valence electrons. The summed E-state index contributed by atoms with van der Waals surface area (Å²) in [5, 5.41) is 0. The largest absolute Gasteiger partial charge is 0.412 e. The Bertz CT molecular complexity index is 112. The van der Waals surface area contributed by atoms with Crippen LogP contribution in [0.15, 0.2) is 4.47 Å². The molecule has 0 saturated heterocycles. The molecule has 0 spiro atoms. The second kappa shape index (κ2) is 4.54. The minimum atomic E-state index is -2.42. The minimum absolute atomic E-state index is 0. The highest BCUT2D eigenvalue weighted by Crippen LogP contribution is 1.32. The van der Waals surface area contributed by atoms with Gasteiger partial charge in [0.25, 0.3) is 0 Å². The van der Waals surface area contributed by atoms with Crippen LogP contribution in [0.25, 0.3) is 0 Å². The van der Waals surface area contributed by atoms with Gasteiger partial charge in [-0.2, -0.15) is 8.42 Å². The fourth-order valence-electron chi connectivity index (χ4n) is 0. The quantitative estimate of drug-likeness (QED) is 0.292. The van der Waals surface area contributed by atoms with Gasteiger partial charge >= 0.3 is 10.5 Å². The number of hydrogen-bond acceptors (Lipinski definition) is 3. The number of nitrogens with two attached hydrogens (primary N) is 1. The number of nitrogens with zero attached hydrogens (tertiary/aromatic N) is 1. The van der Waals surface area contributed by atoms with Crippen molar-refractivity contribution in [3.8, 4) is 0 Å². The molecule has 0 aliphatic heterocycles. The van der Waals surface area contributed by atoms with Crippen LogP contribution < -0.4 is 5.84 Å². The Morgan fingerprint density at radius 3 is 1.67 bits per heavy atom. The lowest BCUT2D eigenvalue weighted by atomic mass is 13.0. The van der Waals surface area contributed by atoms with Crippen molar-refractivity contribution in [1.29, 1.82) is 0 Å². The van der Waals surface area contributed by atoms with Crippen LogP contribution in [0.2, 0.25) is 0 Å². The molecule has 5 nitrogen and oxygen atoms in total. The zero-order valence-electron chi connectivity index (χ0n) is 2.75. The van der Waals surface area contributed by atoms with Crippen molar-refractivity contribution in [2.45, 2.75) is 0 Å². The van der Waals surface area contributed by atoms with E-state index in [2.05, 4.69) is 10.3 Å². The predicted molar refractivity (Wildman–Crippen MR) is 19.1 cm³/mol. The van der Waals surface area contributed by atoms with Gasteiger partial charge < -0.3 is 5.48 Å². The fourth-order valence-corrected chi connectivity index (χ4v) is 0. The zero-order valence-corrected chi connectivity index (χ0v) is 3.57. The van der Waals surface area contributed by atoms with E-state index in [1.54, 1.807) is 0 Å². The molecule has 0 atom stereocenters. The van der Waals surface area contributed by atoms with E-state index in [1.807, 2.05) is 0 Å². The average molecular weight is 112 g/mol. The summed E-state index contributed by atoms with van der Waals surface area (Å²) in [7, 11) is -2.42. The molecule has 0 aliphatic carbocycles. The number of hydrogen-bond donors (Lipinski definition) is 1. The fraction of sp³-hybridized carbons (Fsp3) is 0. The second-order valence-electron chi connectivity index (χ2n) is 0.323. The van der Waals surface area contributed by atoms with E-state index in [-0.39, 0.29) is 5.48 Å². The van der Waals surface area contributed by atoms with Crippen LogP contribution in [-0.4, -0.2) is 13.9 Å². The monoisotopic (exact) mass is 112 g/mol. The van der Waals surface area contributed by atoms with Gasteiger partial charge in [0.1, 0.15) is 0 Å². The Balaban J connectivity index is 0. The molecule has 0 heterocycles. The lowest BCUT2D eigenvalue weighted by Crippen LogP contribution is -1.73. The van der Waals surface area contributed by atoms with Gasteiger partial charge in [-0.1, -0.05) is 4.47 Å². The Morgan fingerprint density at radius 2 is 1.67 bits per heavy atom. The van der Waals surface area contributed by atoms with E-state index in [9.17, 15) is 0 Å². The third-order valence-corrected chi connectivity index (χ3v) is 0.258. The smallest absolute Gasteiger partial charge is 0.327 e. The summed E-state index contributed by atoms with van der Waals surface area (Å²) in [6, 6.07) is 0. The van der Waals surface area contributed by atoms with Crippen LogP contribution in [0.4, 0.5) is 0 Å². The maximum absolute atomic E-state index is 9.08. The normalized spacial score (nSPS) is 5.50. The van der Waals surface area contributed by atoms with Crippen molar-refractivity contribution in [1.82, 2.24) is 0 Å². The molecule has 0 radical (unpaired) electrons. The summed E-state index contributed by atoms with van der Waals surface area (Å²) < 4.78 is 20.5. The van der Waals surface area contributed by atoms with Crippen molar-refractivity contribution < 1.29 is 13.9 Å². The molecule has 0 aromatic rings. The van der Waals surface area contributed by atoms with E-state index in [1.165, 1.54) is 0 Å². The van der Waals surface area contributed by atoms with Crippen molar-refractivity contribution >= 4 is 10.5 Å². The topological polar surface area (TPSA) is 104 Å². The first-order valence-electron chi connectivity index (χ1n) is 0.774. The summed E-state index contributed by atoms with van der Waals surface area (Å²) in [4.78, 5) is 0. The predicted octanol–water partition coefficient (Wildman–Crippen LogP) is -1.90. The van der Waals surface area contributed by atoms with Gasteiger partial charge in [0.2, 0.25) is 0 Å². The molecular formula is H4N2O3S. The van der Waals surface area contributed by atoms with Crippen LogP contribution in [-0.2, 0) is 10.5 Å². The summed E-state index contributed by atoms with van der Waals surface area (Å²) in [5.74, 6) is 4.18. The molecule has 0 unspecified atom stereocenters. The van der Waals surface area contributed by atoms with Gasteiger partial charge in [-0.15, -0.1) is 0 Å². The van der Waals surface area contributed by atoms with Gasteiger partial charge in [0, 0.05) is 0 Å². The van der Waals surface area contributed by atoms with Crippen LogP contribution in [0, 0.1) is 0 Å². The first-order valence-corrected chi connectivity index (χ1v) is 1.81. The Kier molecular flexibility index (Phi) is 6.89. The Labute approximate surface area is 35.8 Å². The van der Waals surface area contributed by atoms with Crippen molar-refractivity contribution in [3.63, 3.8) is 0 Å². The van der Waals surface area contributed by atoms with E-state index in [4.69, 9.17) is 8.42 Å². The maximum atomic E-state index is 9.08. The van der Waals surface area contributed by atoms with Crippen molar-refractivity contribution in [2.24, 2.45) is 10.3 Å². The van der Waals surface area contributed by atoms with Gasteiger partial charge in [-0.05, 0) is 0 Å².